The van der Waals surface area contributed by atoms with Gasteiger partial charge in [-0.1, -0.05) is 12.1 Å². The highest BCUT2D eigenvalue weighted by molar-refractivity contribution is 6.07. The zero-order valence-electron chi connectivity index (χ0n) is 14.7. The number of aryl methyl sites for hydroxylation is 2. The number of nitro benzene ring substituents is 1. The van der Waals surface area contributed by atoms with E-state index in [-0.39, 0.29) is 22.8 Å². The fourth-order valence-corrected chi connectivity index (χ4v) is 3.16. The summed E-state index contributed by atoms with van der Waals surface area (Å²) in [5, 5.41) is 11.3. The van der Waals surface area contributed by atoms with Gasteiger partial charge in [-0.05, 0) is 54.7 Å². The monoisotopic (exact) mass is 353 g/mol. The minimum atomic E-state index is -0.512. The first-order valence-corrected chi connectivity index (χ1v) is 8.28. The summed E-state index contributed by atoms with van der Waals surface area (Å²) in [5.74, 6) is 0.438. The Labute approximate surface area is 151 Å². The van der Waals surface area contributed by atoms with Gasteiger partial charge in [0.1, 0.15) is 0 Å². The molecule has 0 saturated carbocycles. The van der Waals surface area contributed by atoms with Crippen LogP contribution in [0.15, 0.2) is 36.4 Å². The summed E-state index contributed by atoms with van der Waals surface area (Å²) in [6.07, 6.45) is 5.94. The number of methoxy groups -OCH3 is 2. The molecule has 6 heteroatoms. The van der Waals surface area contributed by atoms with Gasteiger partial charge in [-0.2, -0.15) is 0 Å². The van der Waals surface area contributed by atoms with Crippen LogP contribution in [0.4, 0.5) is 5.69 Å². The first-order chi connectivity index (χ1) is 12.5. The van der Waals surface area contributed by atoms with Crippen LogP contribution >= 0.6 is 0 Å². The first-order valence-electron chi connectivity index (χ1n) is 8.28. The summed E-state index contributed by atoms with van der Waals surface area (Å²) in [5.41, 5.74) is 3.22. The van der Waals surface area contributed by atoms with E-state index in [2.05, 4.69) is 0 Å². The predicted octanol–water partition coefficient (Wildman–Crippen LogP) is 4.00. The molecule has 1 aliphatic carbocycles. The van der Waals surface area contributed by atoms with E-state index in [1.807, 2.05) is 12.1 Å². The van der Waals surface area contributed by atoms with Crippen LogP contribution in [0.2, 0.25) is 0 Å². The van der Waals surface area contributed by atoms with Gasteiger partial charge in [0.2, 0.25) is 0 Å². The van der Waals surface area contributed by atoms with E-state index in [0.29, 0.717) is 11.3 Å². The lowest BCUT2D eigenvalue weighted by atomic mass is 10.0. The highest BCUT2D eigenvalue weighted by Gasteiger charge is 2.18. The van der Waals surface area contributed by atoms with E-state index in [1.165, 1.54) is 49.6 Å². The zero-order chi connectivity index (χ0) is 18.7. The minimum absolute atomic E-state index is 0.152. The van der Waals surface area contributed by atoms with Crippen molar-refractivity contribution in [1.82, 2.24) is 0 Å². The quantitative estimate of drug-likeness (QED) is 0.339. The van der Waals surface area contributed by atoms with Gasteiger partial charge in [0, 0.05) is 5.56 Å². The number of benzene rings is 2. The van der Waals surface area contributed by atoms with Gasteiger partial charge in [-0.25, -0.2) is 0 Å². The molecule has 0 atom stereocenters. The molecule has 2 aromatic carbocycles. The SMILES string of the molecule is COc1cc(/C=C/C(=O)c2ccc3c(c2)CCC3)c([N+](=O)[O-])cc1OC. The smallest absolute Gasteiger partial charge is 0.280 e. The van der Waals surface area contributed by atoms with E-state index in [1.54, 1.807) is 6.07 Å². The van der Waals surface area contributed by atoms with Gasteiger partial charge in [0.25, 0.3) is 5.69 Å². The molecule has 0 N–H and O–H groups in total. The molecule has 0 radical (unpaired) electrons. The molecule has 2 aromatic rings. The topological polar surface area (TPSA) is 78.7 Å². The van der Waals surface area contributed by atoms with Crippen molar-refractivity contribution >= 4 is 17.5 Å². The summed E-state index contributed by atoms with van der Waals surface area (Å²) in [6, 6.07) is 8.49. The van der Waals surface area contributed by atoms with E-state index >= 15 is 0 Å². The maximum Gasteiger partial charge on any atom is 0.280 e. The van der Waals surface area contributed by atoms with E-state index < -0.39 is 4.92 Å². The Morgan fingerprint density at radius 3 is 2.46 bits per heavy atom. The third kappa shape index (κ3) is 3.44. The predicted molar refractivity (Wildman–Crippen MR) is 98.0 cm³/mol. The van der Waals surface area contributed by atoms with Crippen LogP contribution in [0.5, 0.6) is 11.5 Å². The molecule has 0 spiro atoms. The van der Waals surface area contributed by atoms with E-state index in [4.69, 9.17) is 9.47 Å². The molecule has 134 valence electrons. The van der Waals surface area contributed by atoms with Crippen LogP contribution < -0.4 is 9.47 Å². The molecule has 0 saturated heterocycles. The van der Waals surface area contributed by atoms with E-state index in [9.17, 15) is 14.9 Å². The van der Waals surface area contributed by atoms with Crippen LogP contribution in [-0.2, 0) is 12.8 Å². The number of hydrogen-bond donors (Lipinski definition) is 0. The number of ketones is 1. The molecule has 0 fully saturated rings. The summed E-state index contributed by atoms with van der Waals surface area (Å²) >= 11 is 0. The number of ether oxygens (including phenoxy) is 2. The van der Waals surface area contributed by atoms with Crippen molar-refractivity contribution in [1.29, 1.82) is 0 Å². The molecular formula is C20H19NO5. The molecule has 1 aliphatic rings. The molecule has 0 unspecified atom stereocenters. The average molecular weight is 353 g/mol. The second kappa shape index (κ2) is 7.39. The first kappa shape index (κ1) is 17.7. The number of carbonyl (C=O) groups is 1. The van der Waals surface area contributed by atoms with Crippen molar-refractivity contribution in [3.63, 3.8) is 0 Å². The van der Waals surface area contributed by atoms with Crippen LogP contribution in [0.25, 0.3) is 6.08 Å². The maximum absolute atomic E-state index is 12.5. The Bertz CT molecular complexity index is 901. The van der Waals surface area contributed by atoms with Gasteiger partial charge in [0.15, 0.2) is 17.3 Å². The number of nitro groups is 1. The normalized spacial score (nSPS) is 12.8. The Kier molecular flexibility index (Phi) is 5.02. The molecule has 6 nitrogen and oxygen atoms in total. The van der Waals surface area contributed by atoms with Crippen molar-refractivity contribution in [3.8, 4) is 11.5 Å². The van der Waals surface area contributed by atoms with Crippen molar-refractivity contribution in [2.45, 2.75) is 19.3 Å². The Hall–Kier alpha value is -3.15. The standard InChI is InChI=1S/C20H19NO5/c1-25-19-11-15(17(21(23)24)12-20(19)26-2)8-9-18(22)16-7-6-13-4-3-5-14(13)10-16/h6-12H,3-5H2,1-2H3/b9-8+. The van der Waals surface area contributed by atoms with Gasteiger partial charge in [0.05, 0.1) is 30.8 Å². The second-order valence-electron chi connectivity index (χ2n) is 6.06. The number of fused-ring (bicyclic) bond motifs is 1. The van der Waals surface area contributed by atoms with Crippen molar-refractivity contribution in [2.75, 3.05) is 14.2 Å². The summed E-state index contributed by atoms with van der Waals surface area (Å²) in [6.45, 7) is 0. The number of carbonyl (C=O) groups excluding carboxylic acids is 1. The Balaban J connectivity index is 1.91. The second-order valence-corrected chi connectivity index (χ2v) is 6.06. The van der Waals surface area contributed by atoms with Gasteiger partial charge < -0.3 is 9.47 Å². The van der Waals surface area contributed by atoms with Crippen LogP contribution in [0.3, 0.4) is 0 Å². The molecule has 0 amide bonds. The lowest BCUT2D eigenvalue weighted by Crippen LogP contribution is -1.98. The van der Waals surface area contributed by atoms with Crippen LogP contribution in [0, 0.1) is 10.1 Å². The molecule has 3 rings (SSSR count). The fourth-order valence-electron chi connectivity index (χ4n) is 3.16. The lowest BCUT2D eigenvalue weighted by molar-refractivity contribution is -0.385. The lowest BCUT2D eigenvalue weighted by Gasteiger charge is -2.08. The maximum atomic E-state index is 12.5. The molecule has 0 heterocycles. The molecule has 26 heavy (non-hydrogen) atoms. The minimum Gasteiger partial charge on any atom is -0.493 e. The number of nitrogens with zero attached hydrogens (tertiary/aromatic N) is 1. The summed E-state index contributed by atoms with van der Waals surface area (Å²) in [4.78, 5) is 23.3. The van der Waals surface area contributed by atoms with Gasteiger partial charge in [-0.3, -0.25) is 14.9 Å². The number of rotatable bonds is 6. The molecule has 0 bridgehead atoms. The van der Waals surface area contributed by atoms with Gasteiger partial charge >= 0.3 is 0 Å². The molecule has 0 aliphatic heterocycles. The zero-order valence-corrected chi connectivity index (χ0v) is 14.7. The average Bonchev–Trinajstić information content (AvgIpc) is 3.12. The summed E-state index contributed by atoms with van der Waals surface area (Å²) < 4.78 is 10.3. The Morgan fingerprint density at radius 2 is 1.77 bits per heavy atom. The van der Waals surface area contributed by atoms with Crippen molar-refractivity contribution in [2.24, 2.45) is 0 Å². The van der Waals surface area contributed by atoms with Crippen LogP contribution in [0.1, 0.15) is 33.5 Å². The Morgan fingerprint density at radius 1 is 1.08 bits per heavy atom. The highest BCUT2D eigenvalue weighted by atomic mass is 16.6. The molecule has 0 aromatic heterocycles. The molecular weight excluding hydrogens is 334 g/mol. The third-order valence-corrected chi connectivity index (χ3v) is 4.53. The summed E-state index contributed by atoms with van der Waals surface area (Å²) in [7, 11) is 2.86. The number of allylic oxidation sites excluding steroid dienone is 1. The van der Waals surface area contributed by atoms with Crippen molar-refractivity contribution in [3.05, 3.63) is 68.8 Å². The number of hydrogen-bond acceptors (Lipinski definition) is 5. The van der Waals surface area contributed by atoms with Gasteiger partial charge in [-0.15, -0.1) is 0 Å². The fraction of sp³-hybridized carbons (Fsp3) is 0.250. The van der Waals surface area contributed by atoms with E-state index in [0.717, 1.165) is 19.3 Å². The highest BCUT2D eigenvalue weighted by Crippen LogP contribution is 2.35. The largest absolute Gasteiger partial charge is 0.493 e. The van der Waals surface area contributed by atoms with Crippen LogP contribution in [-0.4, -0.2) is 24.9 Å². The van der Waals surface area contributed by atoms with Crippen molar-refractivity contribution < 1.29 is 19.2 Å². The third-order valence-electron chi connectivity index (χ3n) is 4.53.